The minimum Gasteiger partial charge on any atom is -0.494 e. The van der Waals surface area contributed by atoms with Crippen LogP contribution in [0.2, 0.25) is 0 Å². The highest BCUT2D eigenvalue weighted by atomic mass is 16.5. The summed E-state index contributed by atoms with van der Waals surface area (Å²) in [4.78, 5) is 27.1. The Hall–Kier alpha value is -2.16. The van der Waals surface area contributed by atoms with Crippen molar-refractivity contribution in [2.75, 3.05) is 46.0 Å². The van der Waals surface area contributed by atoms with Crippen molar-refractivity contribution in [2.45, 2.75) is 58.4 Å². The summed E-state index contributed by atoms with van der Waals surface area (Å²) in [6.07, 6.45) is 5.85. The third kappa shape index (κ3) is 11.5. The van der Waals surface area contributed by atoms with Crippen molar-refractivity contribution in [3.05, 3.63) is 29.8 Å². The molecule has 182 valence electrons. The van der Waals surface area contributed by atoms with Crippen molar-refractivity contribution >= 4 is 11.8 Å². The van der Waals surface area contributed by atoms with Gasteiger partial charge in [0, 0.05) is 31.7 Å². The molecule has 2 amide bonds. The molecule has 0 saturated heterocycles. The third-order valence-electron chi connectivity index (χ3n) is 5.14. The number of aliphatic hydroxyl groups is 2. The lowest BCUT2D eigenvalue weighted by molar-refractivity contribution is -0.123. The van der Waals surface area contributed by atoms with Crippen LogP contribution in [0.4, 0.5) is 0 Å². The van der Waals surface area contributed by atoms with Crippen molar-refractivity contribution in [1.29, 1.82) is 0 Å². The molecule has 8 nitrogen and oxygen atoms in total. The van der Waals surface area contributed by atoms with E-state index in [0.717, 1.165) is 25.0 Å². The second-order valence-corrected chi connectivity index (χ2v) is 7.83. The molecule has 8 heteroatoms. The predicted molar refractivity (Wildman–Crippen MR) is 126 cm³/mol. The summed E-state index contributed by atoms with van der Waals surface area (Å²) in [6, 6.07) is 6.35. The van der Waals surface area contributed by atoms with E-state index in [-0.39, 0.29) is 25.0 Å². The zero-order valence-corrected chi connectivity index (χ0v) is 19.6. The van der Waals surface area contributed by atoms with Crippen molar-refractivity contribution in [1.82, 2.24) is 15.5 Å². The highest BCUT2D eigenvalue weighted by molar-refractivity contribution is 5.97. The van der Waals surface area contributed by atoms with E-state index >= 15 is 0 Å². The minimum atomic E-state index is -0.619. The van der Waals surface area contributed by atoms with Gasteiger partial charge in [0.05, 0.1) is 19.8 Å². The van der Waals surface area contributed by atoms with Crippen molar-refractivity contribution in [2.24, 2.45) is 0 Å². The summed E-state index contributed by atoms with van der Waals surface area (Å²) in [5.41, 5.74) is 0.481. The fourth-order valence-electron chi connectivity index (χ4n) is 3.30. The molecule has 0 unspecified atom stereocenters. The lowest BCUT2D eigenvalue weighted by atomic mass is 10.1. The molecular formula is C24H41N3O5. The average molecular weight is 452 g/mol. The number of unbranched alkanes of at least 4 members (excludes halogenated alkanes) is 3. The van der Waals surface area contributed by atoms with E-state index < -0.39 is 6.04 Å². The summed E-state index contributed by atoms with van der Waals surface area (Å²) in [5, 5.41) is 23.8. The number of hydrogen-bond acceptors (Lipinski definition) is 6. The topological polar surface area (TPSA) is 111 Å². The van der Waals surface area contributed by atoms with Gasteiger partial charge >= 0.3 is 0 Å². The molecule has 0 heterocycles. The first-order valence-electron chi connectivity index (χ1n) is 11.8. The standard InChI is InChI=1S/C24H41N3O5/c1-3-5-6-7-19-32-21-11-9-20(10-12-21)23(30)26-22(8-4-2)24(31)25-13-14-27(15-17-28)16-18-29/h9-12,22,28-29H,3-8,13-19H2,1-2H3,(H,25,31)(H,26,30)/t22-/m0/s1. The van der Waals surface area contributed by atoms with Crippen molar-refractivity contribution < 1.29 is 24.5 Å². The lowest BCUT2D eigenvalue weighted by Crippen LogP contribution is -2.48. The fraction of sp³-hybridized carbons (Fsp3) is 0.667. The van der Waals surface area contributed by atoms with Gasteiger partial charge in [-0.3, -0.25) is 14.5 Å². The summed E-state index contributed by atoms with van der Waals surface area (Å²) in [5.74, 6) is 0.201. The van der Waals surface area contributed by atoms with Gasteiger partial charge in [-0.1, -0.05) is 39.5 Å². The van der Waals surface area contributed by atoms with Crippen LogP contribution in [0.1, 0.15) is 62.7 Å². The molecule has 0 saturated carbocycles. The normalized spacial score (nSPS) is 11.9. The summed E-state index contributed by atoms with van der Waals surface area (Å²) < 4.78 is 5.71. The van der Waals surface area contributed by atoms with Gasteiger partial charge in [-0.05, 0) is 37.1 Å². The van der Waals surface area contributed by atoms with Crippen molar-refractivity contribution in [3.63, 3.8) is 0 Å². The monoisotopic (exact) mass is 451 g/mol. The van der Waals surface area contributed by atoms with E-state index in [1.807, 2.05) is 11.8 Å². The first-order valence-corrected chi connectivity index (χ1v) is 11.8. The zero-order chi connectivity index (χ0) is 23.6. The second-order valence-electron chi connectivity index (χ2n) is 7.83. The molecule has 32 heavy (non-hydrogen) atoms. The fourth-order valence-corrected chi connectivity index (χ4v) is 3.30. The highest BCUT2D eigenvalue weighted by Crippen LogP contribution is 2.13. The van der Waals surface area contributed by atoms with Crippen LogP contribution in [-0.2, 0) is 4.79 Å². The molecule has 0 aliphatic heterocycles. The van der Waals surface area contributed by atoms with Gasteiger partial charge in [0.1, 0.15) is 11.8 Å². The van der Waals surface area contributed by atoms with Crippen LogP contribution in [0, 0.1) is 0 Å². The largest absolute Gasteiger partial charge is 0.494 e. The Morgan fingerprint density at radius 2 is 1.66 bits per heavy atom. The number of rotatable bonds is 18. The lowest BCUT2D eigenvalue weighted by Gasteiger charge is -2.22. The van der Waals surface area contributed by atoms with Crippen LogP contribution in [0.3, 0.4) is 0 Å². The van der Waals surface area contributed by atoms with E-state index in [2.05, 4.69) is 17.6 Å². The van der Waals surface area contributed by atoms with Gasteiger partial charge in [0.15, 0.2) is 0 Å². The van der Waals surface area contributed by atoms with E-state index in [1.54, 1.807) is 24.3 Å². The second kappa shape index (κ2) is 17.4. The Morgan fingerprint density at radius 1 is 0.969 bits per heavy atom. The van der Waals surface area contributed by atoms with E-state index in [4.69, 9.17) is 14.9 Å². The van der Waals surface area contributed by atoms with E-state index in [0.29, 0.717) is 44.8 Å². The van der Waals surface area contributed by atoms with Crippen molar-refractivity contribution in [3.8, 4) is 5.75 Å². The summed E-state index contributed by atoms with van der Waals surface area (Å²) >= 11 is 0. The predicted octanol–water partition coefficient (Wildman–Crippen LogP) is 1.95. The first-order chi connectivity index (χ1) is 15.5. The molecule has 1 aromatic carbocycles. The van der Waals surface area contributed by atoms with E-state index in [9.17, 15) is 9.59 Å². The molecule has 4 N–H and O–H groups in total. The molecule has 0 aliphatic carbocycles. The van der Waals surface area contributed by atoms with Crippen LogP contribution in [0.15, 0.2) is 24.3 Å². The maximum Gasteiger partial charge on any atom is 0.251 e. The number of carbonyl (C=O) groups is 2. The van der Waals surface area contributed by atoms with Gasteiger partial charge in [-0.25, -0.2) is 0 Å². The zero-order valence-electron chi connectivity index (χ0n) is 19.6. The number of amides is 2. The number of benzene rings is 1. The maximum atomic E-state index is 12.6. The molecule has 0 bridgehead atoms. The Balaban J connectivity index is 2.52. The Morgan fingerprint density at radius 3 is 2.25 bits per heavy atom. The number of hydrogen-bond donors (Lipinski definition) is 4. The molecule has 0 spiro atoms. The third-order valence-corrected chi connectivity index (χ3v) is 5.14. The molecular weight excluding hydrogens is 410 g/mol. The summed E-state index contributed by atoms with van der Waals surface area (Å²) in [7, 11) is 0. The highest BCUT2D eigenvalue weighted by Gasteiger charge is 2.20. The van der Waals surface area contributed by atoms with E-state index in [1.165, 1.54) is 12.8 Å². The molecule has 0 fully saturated rings. The molecule has 1 rings (SSSR count). The molecule has 0 radical (unpaired) electrons. The Bertz CT molecular complexity index is 633. The van der Waals surface area contributed by atoms with Gasteiger partial charge in [-0.15, -0.1) is 0 Å². The molecule has 0 aliphatic rings. The van der Waals surface area contributed by atoms with Crippen LogP contribution in [0.25, 0.3) is 0 Å². The molecule has 1 atom stereocenters. The van der Waals surface area contributed by atoms with Crippen LogP contribution in [-0.4, -0.2) is 79.0 Å². The smallest absolute Gasteiger partial charge is 0.251 e. The quantitative estimate of drug-likeness (QED) is 0.254. The van der Waals surface area contributed by atoms with Crippen LogP contribution < -0.4 is 15.4 Å². The number of nitrogens with one attached hydrogen (secondary N) is 2. The molecule has 0 aromatic heterocycles. The Kier molecular flexibility index (Phi) is 15.2. The Labute approximate surface area is 192 Å². The van der Waals surface area contributed by atoms with Gasteiger partial charge in [-0.2, -0.15) is 0 Å². The van der Waals surface area contributed by atoms with Crippen LogP contribution >= 0.6 is 0 Å². The van der Waals surface area contributed by atoms with Gasteiger partial charge < -0.3 is 25.6 Å². The number of ether oxygens (including phenoxy) is 1. The van der Waals surface area contributed by atoms with Gasteiger partial charge in [0.2, 0.25) is 5.91 Å². The SMILES string of the molecule is CCCCCCOc1ccc(C(=O)N[C@@H](CCC)C(=O)NCCN(CCO)CCO)cc1. The van der Waals surface area contributed by atoms with Crippen LogP contribution in [0.5, 0.6) is 5.75 Å². The maximum absolute atomic E-state index is 12.6. The number of nitrogens with zero attached hydrogens (tertiary/aromatic N) is 1. The first kappa shape index (κ1) is 27.9. The average Bonchev–Trinajstić information content (AvgIpc) is 2.79. The molecule has 1 aromatic rings. The van der Waals surface area contributed by atoms with Gasteiger partial charge in [0.25, 0.3) is 5.91 Å². The summed E-state index contributed by atoms with van der Waals surface area (Å²) in [6.45, 7) is 6.54. The number of aliphatic hydroxyl groups excluding tert-OH is 2. The minimum absolute atomic E-state index is 0.00878. The number of carbonyl (C=O) groups excluding carboxylic acids is 2.